The van der Waals surface area contributed by atoms with Gasteiger partial charge in [0.1, 0.15) is 0 Å². The van der Waals surface area contributed by atoms with E-state index in [0.717, 1.165) is 17.1 Å². The SMILES string of the molecule is CC1(C)c2ccccc2-c2ccc(N(c3ccc4c(c3)C3(c5ccccc5-c5ccccc53)c3ccccc3-4)c3ccc(-c4ccccc4)c4ccccc34)cc21. The van der Waals surface area contributed by atoms with E-state index in [1.807, 2.05) is 0 Å². The molecule has 0 bridgehead atoms. The molecule has 12 rings (SSSR count). The zero-order valence-electron chi connectivity index (χ0n) is 32.0. The molecule has 3 aliphatic rings. The number of benzene rings is 9. The summed E-state index contributed by atoms with van der Waals surface area (Å²) in [5.74, 6) is 0. The van der Waals surface area contributed by atoms with Crippen molar-refractivity contribution in [3.63, 3.8) is 0 Å². The lowest BCUT2D eigenvalue weighted by molar-refractivity contribution is 0.660. The van der Waals surface area contributed by atoms with E-state index in [9.17, 15) is 0 Å². The highest BCUT2D eigenvalue weighted by molar-refractivity contribution is 6.07. The van der Waals surface area contributed by atoms with Crippen LogP contribution in [0.4, 0.5) is 17.1 Å². The predicted octanol–water partition coefficient (Wildman–Crippen LogP) is 14.6. The molecule has 0 aromatic heterocycles. The van der Waals surface area contributed by atoms with Crippen LogP contribution >= 0.6 is 0 Å². The van der Waals surface area contributed by atoms with Crippen LogP contribution < -0.4 is 4.90 Å². The lowest BCUT2D eigenvalue weighted by atomic mass is 9.70. The number of hydrogen-bond donors (Lipinski definition) is 0. The second-order valence-corrected chi connectivity index (χ2v) is 16.4. The van der Waals surface area contributed by atoms with Crippen LogP contribution in [-0.2, 0) is 10.8 Å². The van der Waals surface area contributed by atoms with Crippen LogP contribution in [-0.4, -0.2) is 0 Å². The predicted molar refractivity (Wildman–Crippen MR) is 238 cm³/mol. The fraction of sp³-hybridized carbons (Fsp3) is 0.0714. The molecule has 0 saturated heterocycles. The Morgan fingerprint density at radius 1 is 0.316 bits per heavy atom. The summed E-state index contributed by atoms with van der Waals surface area (Å²) in [6.45, 7) is 4.75. The summed E-state index contributed by atoms with van der Waals surface area (Å²) in [5.41, 5.74) is 21.4. The van der Waals surface area contributed by atoms with Gasteiger partial charge in [0.2, 0.25) is 0 Å². The molecule has 0 N–H and O–H groups in total. The van der Waals surface area contributed by atoms with E-state index < -0.39 is 5.41 Å². The zero-order valence-corrected chi connectivity index (χ0v) is 32.0. The molecule has 57 heavy (non-hydrogen) atoms. The van der Waals surface area contributed by atoms with E-state index in [1.165, 1.54) is 88.7 Å². The molecular weight excluding hydrogens is 687 g/mol. The standard InChI is InChI=1S/C56H39N/c1-55(2)48-24-12-8-19-41(48)45-30-28-37(34-52(45)55)57(54-33-32-39(36-16-4-3-5-17-36)40-18-6-7-23-47(40)54)38-29-31-46-44-22-11-15-27-51(44)56(53(46)35-38)49-25-13-9-20-42(49)43-21-10-14-26-50(43)56/h3-35H,1-2H3. The normalized spacial score (nSPS) is 14.4. The molecule has 0 aliphatic heterocycles. The van der Waals surface area contributed by atoms with E-state index in [0.29, 0.717) is 0 Å². The molecule has 9 aromatic carbocycles. The Bertz CT molecular complexity index is 3050. The van der Waals surface area contributed by atoms with E-state index in [2.05, 4.69) is 219 Å². The largest absolute Gasteiger partial charge is 0.310 e. The Balaban J connectivity index is 1.15. The molecule has 0 heterocycles. The van der Waals surface area contributed by atoms with Gasteiger partial charge in [-0.1, -0.05) is 184 Å². The van der Waals surface area contributed by atoms with Crippen molar-refractivity contribution in [2.75, 3.05) is 4.90 Å². The van der Waals surface area contributed by atoms with Crippen molar-refractivity contribution in [3.8, 4) is 44.5 Å². The molecule has 0 fully saturated rings. The van der Waals surface area contributed by atoms with Gasteiger partial charge in [-0.15, -0.1) is 0 Å². The first-order valence-electron chi connectivity index (χ1n) is 20.1. The number of nitrogens with zero attached hydrogens (tertiary/aromatic N) is 1. The molecule has 1 nitrogen and oxygen atoms in total. The van der Waals surface area contributed by atoms with Crippen molar-refractivity contribution in [3.05, 3.63) is 234 Å². The number of fused-ring (bicyclic) bond motifs is 14. The Morgan fingerprint density at radius 3 is 1.33 bits per heavy atom. The van der Waals surface area contributed by atoms with Gasteiger partial charge in [-0.2, -0.15) is 0 Å². The Kier molecular flexibility index (Phi) is 6.67. The molecule has 1 spiro atoms. The monoisotopic (exact) mass is 725 g/mol. The average molecular weight is 726 g/mol. The molecular formula is C56H39N. The summed E-state index contributed by atoms with van der Waals surface area (Å²) in [6, 6.07) is 75.0. The van der Waals surface area contributed by atoms with Gasteiger partial charge in [0.05, 0.1) is 11.1 Å². The van der Waals surface area contributed by atoms with Crippen LogP contribution in [0, 0.1) is 0 Å². The minimum absolute atomic E-state index is 0.131. The van der Waals surface area contributed by atoms with Gasteiger partial charge in [-0.25, -0.2) is 0 Å². The third-order valence-corrected chi connectivity index (χ3v) is 13.3. The minimum Gasteiger partial charge on any atom is -0.310 e. The molecule has 0 unspecified atom stereocenters. The van der Waals surface area contributed by atoms with Crippen LogP contribution in [0.25, 0.3) is 55.3 Å². The van der Waals surface area contributed by atoms with Crippen molar-refractivity contribution in [2.45, 2.75) is 24.7 Å². The van der Waals surface area contributed by atoms with Crippen LogP contribution in [0.3, 0.4) is 0 Å². The maximum Gasteiger partial charge on any atom is 0.0726 e. The van der Waals surface area contributed by atoms with Gasteiger partial charge in [0.25, 0.3) is 0 Å². The first-order chi connectivity index (χ1) is 28.0. The van der Waals surface area contributed by atoms with Crippen LogP contribution in [0.5, 0.6) is 0 Å². The highest BCUT2D eigenvalue weighted by Gasteiger charge is 2.51. The Morgan fingerprint density at radius 2 is 0.737 bits per heavy atom. The fourth-order valence-electron chi connectivity index (χ4n) is 10.8. The molecule has 268 valence electrons. The van der Waals surface area contributed by atoms with Gasteiger partial charge in [-0.3, -0.25) is 0 Å². The molecule has 0 atom stereocenters. The zero-order chi connectivity index (χ0) is 37.9. The van der Waals surface area contributed by atoms with Gasteiger partial charge in [-0.05, 0) is 114 Å². The van der Waals surface area contributed by atoms with Crippen molar-refractivity contribution in [1.29, 1.82) is 0 Å². The molecule has 0 radical (unpaired) electrons. The fourth-order valence-corrected chi connectivity index (χ4v) is 10.8. The van der Waals surface area contributed by atoms with Crippen molar-refractivity contribution >= 4 is 27.8 Å². The third kappa shape index (κ3) is 4.29. The summed E-state index contributed by atoms with van der Waals surface area (Å²) >= 11 is 0. The molecule has 9 aromatic rings. The number of rotatable bonds is 4. The average Bonchev–Trinajstić information content (AvgIpc) is 3.82. The minimum atomic E-state index is -0.429. The van der Waals surface area contributed by atoms with Crippen molar-refractivity contribution in [1.82, 2.24) is 0 Å². The van der Waals surface area contributed by atoms with Crippen LogP contribution in [0.15, 0.2) is 200 Å². The lowest BCUT2D eigenvalue weighted by Gasteiger charge is -2.33. The van der Waals surface area contributed by atoms with E-state index in [4.69, 9.17) is 0 Å². The van der Waals surface area contributed by atoms with Crippen LogP contribution in [0.1, 0.15) is 47.2 Å². The maximum absolute atomic E-state index is 2.53. The van der Waals surface area contributed by atoms with Crippen molar-refractivity contribution in [2.24, 2.45) is 0 Å². The first-order valence-corrected chi connectivity index (χ1v) is 20.1. The highest BCUT2D eigenvalue weighted by atomic mass is 15.1. The van der Waals surface area contributed by atoms with E-state index in [1.54, 1.807) is 0 Å². The topological polar surface area (TPSA) is 3.24 Å². The van der Waals surface area contributed by atoms with Crippen LogP contribution in [0.2, 0.25) is 0 Å². The highest BCUT2D eigenvalue weighted by Crippen LogP contribution is 2.63. The summed E-state index contributed by atoms with van der Waals surface area (Å²) in [7, 11) is 0. The summed E-state index contributed by atoms with van der Waals surface area (Å²) in [6.07, 6.45) is 0. The number of anilines is 3. The Hall–Kier alpha value is -6.96. The van der Waals surface area contributed by atoms with Gasteiger partial charge in [0, 0.05) is 22.2 Å². The third-order valence-electron chi connectivity index (χ3n) is 13.3. The smallest absolute Gasteiger partial charge is 0.0726 e. The summed E-state index contributed by atoms with van der Waals surface area (Å²) in [4.78, 5) is 2.53. The quantitative estimate of drug-likeness (QED) is 0.175. The second-order valence-electron chi connectivity index (χ2n) is 16.4. The molecule has 1 heteroatoms. The van der Waals surface area contributed by atoms with Crippen molar-refractivity contribution < 1.29 is 0 Å². The lowest BCUT2D eigenvalue weighted by Crippen LogP contribution is -2.26. The maximum atomic E-state index is 2.53. The Labute approximate surface area is 334 Å². The van der Waals surface area contributed by atoms with Gasteiger partial charge >= 0.3 is 0 Å². The summed E-state index contributed by atoms with van der Waals surface area (Å²) < 4.78 is 0. The van der Waals surface area contributed by atoms with Gasteiger partial charge in [0.15, 0.2) is 0 Å². The van der Waals surface area contributed by atoms with E-state index in [-0.39, 0.29) is 5.41 Å². The summed E-state index contributed by atoms with van der Waals surface area (Å²) in [5, 5.41) is 2.46. The second kappa shape index (κ2) is 11.8. The molecule has 0 amide bonds. The van der Waals surface area contributed by atoms with E-state index >= 15 is 0 Å². The molecule has 0 saturated carbocycles. The van der Waals surface area contributed by atoms with Gasteiger partial charge < -0.3 is 4.90 Å². The first kappa shape index (κ1) is 32.3. The molecule has 3 aliphatic carbocycles. The number of hydrogen-bond acceptors (Lipinski definition) is 1.